The molecule has 1 heterocycles. The second-order valence-corrected chi connectivity index (χ2v) is 3.29. The van der Waals surface area contributed by atoms with Gasteiger partial charge in [-0.25, -0.2) is 0 Å². The third-order valence-electron chi connectivity index (χ3n) is 2.13. The highest BCUT2D eigenvalue weighted by atomic mass is 14.9. The minimum atomic E-state index is 0.734. The van der Waals surface area contributed by atoms with Crippen LogP contribution in [-0.2, 0) is 0 Å². The molecule has 0 unspecified atom stereocenters. The fraction of sp³-hybridized carbons (Fsp3) is 0.444. The summed E-state index contributed by atoms with van der Waals surface area (Å²) >= 11 is 0. The van der Waals surface area contributed by atoms with Crippen LogP contribution >= 0.6 is 0 Å². The highest BCUT2D eigenvalue weighted by Crippen LogP contribution is 2.29. The van der Waals surface area contributed by atoms with Gasteiger partial charge in [-0.1, -0.05) is 0 Å². The number of pyridine rings is 1. The molecule has 0 spiro atoms. The summed E-state index contributed by atoms with van der Waals surface area (Å²) in [5, 5.41) is 3.31. The molecule has 0 amide bonds. The van der Waals surface area contributed by atoms with Gasteiger partial charge < -0.3 is 11.1 Å². The molecule has 1 aromatic heterocycles. The zero-order valence-electron chi connectivity index (χ0n) is 6.96. The Morgan fingerprint density at radius 1 is 1.58 bits per heavy atom. The zero-order chi connectivity index (χ0) is 8.39. The maximum atomic E-state index is 5.70. The van der Waals surface area contributed by atoms with E-state index in [-0.39, 0.29) is 0 Å². The Bertz CT molecular complexity index is 268. The van der Waals surface area contributed by atoms with Crippen molar-refractivity contribution in [3.05, 3.63) is 18.5 Å². The van der Waals surface area contributed by atoms with E-state index in [2.05, 4.69) is 10.3 Å². The molecule has 3 nitrogen and oxygen atoms in total. The van der Waals surface area contributed by atoms with Crippen LogP contribution in [-0.4, -0.2) is 11.5 Å². The van der Waals surface area contributed by atoms with Crippen LogP contribution in [0.1, 0.15) is 12.8 Å². The number of nitrogens with zero attached hydrogens (tertiary/aromatic N) is 1. The third-order valence-corrected chi connectivity index (χ3v) is 2.13. The van der Waals surface area contributed by atoms with Gasteiger partial charge in [0.05, 0.1) is 17.6 Å². The molecule has 0 aromatic carbocycles. The van der Waals surface area contributed by atoms with Crippen molar-refractivity contribution in [3.63, 3.8) is 0 Å². The summed E-state index contributed by atoms with van der Waals surface area (Å²) in [6.07, 6.45) is 6.15. The van der Waals surface area contributed by atoms with E-state index >= 15 is 0 Å². The average Bonchev–Trinajstić information content (AvgIpc) is 2.86. The Morgan fingerprint density at radius 3 is 3.08 bits per heavy atom. The van der Waals surface area contributed by atoms with E-state index in [1.165, 1.54) is 12.8 Å². The van der Waals surface area contributed by atoms with E-state index in [0.717, 1.165) is 23.8 Å². The molecule has 1 saturated carbocycles. The fourth-order valence-electron chi connectivity index (χ4n) is 1.14. The SMILES string of the molecule is Nc1cnccc1NCC1CC1. The average molecular weight is 163 g/mol. The summed E-state index contributed by atoms with van der Waals surface area (Å²) in [7, 11) is 0. The summed E-state index contributed by atoms with van der Waals surface area (Å²) in [5.74, 6) is 0.873. The first-order valence-corrected chi connectivity index (χ1v) is 4.29. The van der Waals surface area contributed by atoms with Crippen LogP contribution in [0.25, 0.3) is 0 Å². The zero-order valence-corrected chi connectivity index (χ0v) is 6.96. The van der Waals surface area contributed by atoms with E-state index in [9.17, 15) is 0 Å². The summed E-state index contributed by atoms with van der Waals surface area (Å²) in [4.78, 5) is 3.92. The smallest absolute Gasteiger partial charge is 0.0736 e. The van der Waals surface area contributed by atoms with Crippen LogP contribution in [0.3, 0.4) is 0 Å². The molecule has 0 aliphatic heterocycles. The second kappa shape index (κ2) is 3.01. The lowest BCUT2D eigenvalue weighted by atomic mass is 10.3. The summed E-state index contributed by atoms with van der Waals surface area (Å²) in [6.45, 7) is 1.05. The number of hydrogen-bond acceptors (Lipinski definition) is 3. The molecule has 2 rings (SSSR count). The van der Waals surface area contributed by atoms with E-state index in [4.69, 9.17) is 5.73 Å². The van der Waals surface area contributed by atoms with E-state index in [1.54, 1.807) is 12.4 Å². The Labute approximate surface area is 72.0 Å². The molecular weight excluding hydrogens is 150 g/mol. The van der Waals surface area contributed by atoms with Gasteiger partial charge in [-0.05, 0) is 24.8 Å². The topological polar surface area (TPSA) is 50.9 Å². The van der Waals surface area contributed by atoms with Crippen molar-refractivity contribution in [1.29, 1.82) is 0 Å². The first kappa shape index (κ1) is 7.40. The molecule has 3 N–H and O–H groups in total. The molecule has 3 heteroatoms. The molecule has 0 atom stereocenters. The van der Waals surface area contributed by atoms with Crippen LogP contribution in [0.15, 0.2) is 18.5 Å². The van der Waals surface area contributed by atoms with Crippen molar-refractivity contribution in [1.82, 2.24) is 4.98 Å². The first-order chi connectivity index (χ1) is 5.86. The maximum Gasteiger partial charge on any atom is 0.0736 e. The Hall–Kier alpha value is -1.25. The normalized spacial score (nSPS) is 16.0. The van der Waals surface area contributed by atoms with Crippen molar-refractivity contribution < 1.29 is 0 Å². The van der Waals surface area contributed by atoms with Gasteiger partial charge in [0.25, 0.3) is 0 Å². The van der Waals surface area contributed by atoms with Crippen LogP contribution in [0.5, 0.6) is 0 Å². The van der Waals surface area contributed by atoms with Gasteiger partial charge in [-0.3, -0.25) is 4.98 Å². The van der Waals surface area contributed by atoms with E-state index < -0.39 is 0 Å². The minimum absolute atomic E-state index is 0.734. The van der Waals surface area contributed by atoms with Crippen molar-refractivity contribution in [2.45, 2.75) is 12.8 Å². The largest absolute Gasteiger partial charge is 0.396 e. The summed E-state index contributed by atoms with van der Waals surface area (Å²) in [6, 6.07) is 1.91. The lowest BCUT2D eigenvalue weighted by Crippen LogP contribution is -2.05. The Balaban J connectivity index is 1.96. The number of nitrogens with one attached hydrogen (secondary N) is 1. The molecule has 1 aliphatic carbocycles. The van der Waals surface area contributed by atoms with E-state index in [0.29, 0.717) is 0 Å². The van der Waals surface area contributed by atoms with Crippen molar-refractivity contribution in [2.75, 3.05) is 17.6 Å². The van der Waals surface area contributed by atoms with Crippen molar-refractivity contribution in [3.8, 4) is 0 Å². The molecule has 0 bridgehead atoms. The van der Waals surface area contributed by atoms with Gasteiger partial charge in [0.2, 0.25) is 0 Å². The predicted octanol–water partition coefficient (Wildman–Crippen LogP) is 1.49. The number of aromatic nitrogens is 1. The molecule has 64 valence electrons. The standard InChI is InChI=1S/C9H13N3/c10-8-6-11-4-3-9(8)12-5-7-1-2-7/h3-4,6-7H,1-2,5,10H2,(H,11,12). The first-order valence-electron chi connectivity index (χ1n) is 4.29. The van der Waals surface area contributed by atoms with Crippen molar-refractivity contribution in [2.24, 2.45) is 5.92 Å². The molecule has 1 aromatic rings. The summed E-state index contributed by atoms with van der Waals surface area (Å²) in [5.41, 5.74) is 7.45. The fourth-order valence-corrected chi connectivity index (χ4v) is 1.14. The quantitative estimate of drug-likeness (QED) is 0.709. The second-order valence-electron chi connectivity index (χ2n) is 3.29. The lowest BCUT2D eigenvalue weighted by molar-refractivity contribution is 0.889. The lowest BCUT2D eigenvalue weighted by Gasteiger charge is -2.06. The van der Waals surface area contributed by atoms with Crippen LogP contribution in [0.2, 0.25) is 0 Å². The number of rotatable bonds is 3. The molecule has 1 fully saturated rings. The summed E-state index contributed by atoms with van der Waals surface area (Å²) < 4.78 is 0. The molecule has 0 saturated heterocycles. The maximum absolute atomic E-state index is 5.70. The highest BCUT2D eigenvalue weighted by Gasteiger charge is 2.20. The third kappa shape index (κ3) is 1.67. The van der Waals surface area contributed by atoms with Crippen LogP contribution in [0.4, 0.5) is 11.4 Å². The molecule has 1 aliphatic rings. The Kier molecular flexibility index (Phi) is 1.86. The van der Waals surface area contributed by atoms with Gasteiger partial charge in [0.1, 0.15) is 0 Å². The van der Waals surface area contributed by atoms with Gasteiger partial charge >= 0.3 is 0 Å². The van der Waals surface area contributed by atoms with E-state index in [1.807, 2.05) is 6.07 Å². The number of hydrogen-bond donors (Lipinski definition) is 2. The highest BCUT2D eigenvalue weighted by molar-refractivity contribution is 5.64. The monoisotopic (exact) mass is 163 g/mol. The van der Waals surface area contributed by atoms with Gasteiger partial charge in [0, 0.05) is 12.7 Å². The molecule has 0 radical (unpaired) electrons. The number of nitrogens with two attached hydrogens (primary N) is 1. The van der Waals surface area contributed by atoms with Gasteiger partial charge in [-0.2, -0.15) is 0 Å². The van der Waals surface area contributed by atoms with Gasteiger partial charge in [0.15, 0.2) is 0 Å². The Morgan fingerprint density at radius 2 is 2.42 bits per heavy atom. The number of nitrogen functional groups attached to an aromatic ring is 1. The number of anilines is 2. The van der Waals surface area contributed by atoms with Crippen LogP contribution in [0, 0.1) is 5.92 Å². The van der Waals surface area contributed by atoms with Crippen molar-refractivity contribution >= 4 is 11.4 Å². The minimum Gasteiger partial charge on any atom is -0.396 e. The predicted molar refractivity (Wildman–Crippen MR) is 49.9 cm³/mol. The molecular formula is C9H13N3. The van der Waals surface area contributed by atoms with Crippen LogP contribution < -0.4 is 11.1 Å². The van der Waals surface area contributed by atoms with Gasteiger partial charge in [-0.15, -0.1) is 0 Å². The molecule has 12 heavy (non-hydrogen) atoms.